The van der Waals surface area contributed by atoms with Crippen LogP contribution in [-0.2, 0) is 9.53 Å². The summed E-state index contributed by atoms with van der Waals surface area (Å²) in [6.07, 6.45) is 2.93. The van der Waals surface area contributed by atoms with Crippen LogP contribution in [0.5, 0.6) is 5.75 Å². The van der Waals surface area contributed by atoms with Gasteiger partial charge < -0.3 is 9.47 Å². The molecule has 0 amide bonds. The molecule has 2 aromatic rings. The summed E-state index contributed by atoms with van der Waals surface area (Å²) >= 11 is 0. The molecule has 6 nitrogen and oxygen atoms in total. The minimum atomic E-state index is -0.536. The maximum Gasteiger partial charge on any atom is 0.333 e. The van der Waals surface area contributed by atoms with Crippen LogP contribution in [0.25, 0.3) is 6.08 Å². The first-order chi connectivity index (χ1) is 10.6. The summed E-state index contributed by atoms with van der Waals surface area (Å²) in [5.74, 6) is -0.156. The van der Waals surface area contributed by atoms with Crippen LogP contribution < -0.4 is 4.74 Å². The van der Waals surface area contributed by atoms with E-state index in [2.05, 4.69) is 0 Å². The highest BCUT2D eigenvalue weighted by atomic mass is 16.7. The van der Waals surface area contributed by atoms with Gasteiger partial charge in [-0.15, -0.1) is 0 Å². The molecule has 0 unspecified atom stereocenters. The maximum absolute atomic E-state index is 11.5. The number of rotatable bonds is 6. The largest absolute Gasteiger partial charge is 0.457 e. The zero-order valence-corrected chi connectivity index (χ0v) is 11.5. The smallest absolute Gasteiger partial charge is 0.333 e. The number of nitrogens with zero attached hydrogens (tertiary/aromatic N) is 1. The summed E-state index contributed by atoms with van der Waals surface area (Å²) in [5, 5.41) is 10.5. The zero-order valence-electron chi connectivity index (χ0n) is 11.5. The number of carbonyl (C=O) groups excluding carboxylic acids is 1. The van der Waals surface area contributed by atoms with Crippen molar-refractivity contribution in [3.05, 3.63) is 76.4 Å². The molecule has 0 atom stereocenters. The molecule has 0 saturated heterocycles. The lowest BCUT2D eigenvalue weighted by atomic mass is 10.2. The zero-order chi connectivity index (χ0) is 15.8. The number of hydrogen-bond donors (Lipinski definition) is 0. The Hall–Kier alpha value is -3.15. The Labute approximate surface area is 126 Å². The predicted octanol–water partition coefficient (Wildman–Crippen LogP) is 3.19. The van der Waals surface area contributed by atoms with E-state index in [1.54, 1.807) is 6.08 Å². The molecule has 22 heavy (non-hydrogen) atoms. The van der Waals surface area contributed by atoms with Crippen molar-refractivity contribution in [2.45, 2.75) is 0 Å². The quantitative estimate of drug-likeness (QED) is 0.269. The van der Waals surface area contributed by atoms with Crippen LogP contribution >= 0.6 is 0 Å². The van der Waals surface area contributed by atoms with Crippen molar-refractivity contribution in [3.8, 4) is 5.75 Å². The van der Waals surface area contributed by atoms with Gasteiger partial charge in [-0.1, -0.05) is 30.3 Å². The SMILES string of the molecule is O=C(C=Cc1ccccc1)OCOc1ccc([N+](=O)[O-])cc1. The second kappa shape index (κ2) is 7.58. The highest BCUT2D eigenvalue weighted by Gasteiger charge is 2.04. The number of hydrogen-bond acceptors (Lipinski definition) is 5. The molecule has 0 aliphatic carbocycles. The van der Waals surface area contributed by atoms with E-state index in [1.807, 2.05) is 30.3 Å². The molecule has 0 radical (unpaired) electrons. The van der Waals surface area contributed by atoms with Crippen molar-refractivity contribution >= 4 is 17.7 Å². The summed E-state index contributed by atoms with van der Waals surface area (Å²) in [6, 6.07) is 14.8. The molecule has 0 bridgehead atoms. The fraction of sp³-hybridized carbons (Fsp3) is 0.0625. The van der Waals surface area contributed by atoms with E-state index in [-0.39, 0.29) is 12.5 Å². The molecule has 2 aromatic carbocycles. The van der Waals surface area contributed by atoms with Crippen LogP contribution in [-0.4, -0.2) is 17.7 Å². The van der Waals surface area contributed by atoms with Crippen LogP contribution in [0.1, 0.15) is 5.56 Å². The molecule has 112 valence electrons. The van der Waals surface area contributed by atoms with Crippen molar-refractivity contribution in [3.63, 3.8) is 0 Å². The Bertz CT molecular complexity index is 665. The predicted molar refractivity (Wildman–Crippen MR) is 80.2 cm³/mol. The Kier molecular flexibility index (Phi) is 5.25. The van der Waals surface area contributed by atoms with Gasteiger partial charge in [0, 0.05) is 18.2 Å². The van der Waals surface area contributed by atoms with Gasteiger partial charge in [0.05, 0.1) is 4.92 Å². The van der Waals surface area contributed by atoms with Crippen molar-refractivity contribution in [1.29, 1.82) is 0 Å². The van der Waals surface area contributed by atoms with E-state index in [0.29, 0.717) is 5.75 Å². The number of nitro benzene ring substituents is 1. The molecular weight excluding hydrogens is 286 g/mol. The number of esters is 1. The fourth-order valence-electron chi connectivity index (χ4n) is 1.60. The lowest BCUT2D eigenvalue weighted by Gasteiger charge is -2.05. The minimum Gasteiger partial charge on any atom is -0.457 e. The van der Waals surface area contributed by atoms with Crippen LogP contribution in [0.3, 0.4) is 0 Å². The summed E-state index contributed by atoms with van der Waals surface area (Å²) in [6.45, 7) is -0.268. The molecule has 0 aromatic heterocycles. The Morgan fingerprint density at radius 2 is 1.77 bits per heavy atom. The highest BCUT2D eigenvalue weighted by Crippen LogP contribution is 2.17. The number of non-ortho nitro benzene ring substituents is 1. The van der Waals surface area contributed by atoms with E-state index in [1.165, 1.54) is 30.3 Å². The van der Waals surface area contributed by atoms with Crippen LogP contribution in [0.2, 0.25) is 0 Å². The van der Waals surface area contributed by atoms with E-state index in [4.69, 9.17) is 9.47 Å². The second-order valence-electron chi connectivity index (χ2n) is 4.22. The topological polar surface area (TPSA) is 78.7 Å². The van der Waals surface area contributed by atoms with Crippen LogP contribution in [0, 0.1) is 10.1 Å². The molecule has 0 saturated carbocycles. The van der Waals surface area contributed by atoms with Crippen molar-refractivity contribution in [2.24, 2.45) is 0 Å². The van der Waals surface area contributed by atoms with Crippen molar-refractivity contribution < 1.29 is 19.2 Å². The van der Waals surface area contributed by atoms with E-state index in [9.17, 15) is 14.9 Å². The van der Waals surface area contributed by atoms with Gasteiger partial charge in [-0.2, -0.15) is 0 Å². The molecule has 6 heteroatoms. The van der Waals surface area contributed by atoms with E-state index < -0.39 is 10.9 Å². The summed E-state index contributed by atoms with van der Waals surface area (Å²) < 4.78 is 10.0. The van der Waals surface area contributed by atoms with Gasteiger partial charge in [0.25, 0.3) is 5.69 Å². The van der Waals surface area contributed by atoms with Crippen LogP contribution in [0.15, 0.2) is 60.7 Å². The van der Waals surface area contributed by atoms with Gasteiger partial charge in [0.2, 0.25) is 6.79 Å². The molecule has 0 aliphatic heterocycles. The number of benzene rings is 2. The number of ether oxygens (including phenoxy) is 2. The third-order valence-electron chi connectivity index (χ3n) is 2.69. The Morgan fingerprint density at radius 1 is 1.09 bits per heavy atom. The van der Waals surface area contributed by atoms with Gasteiger partial charge >= 0.3 is 5.97 Å². The monoisotopic (exact) mass is 299 g/mol. The first kappa shape index (κ1) is 15.2. The van der Waals surface area contributed by atoms with Gasteiger partial charge in [-0.3, -0.25) is 10.1 Å². The lowest BCUT2D eigenvalue weighted by Crippen LogP contribution is -2.07. The molecule has 0 fully saturated rings. The standard InChI is InChI=1S/C16H13NO5/c18-16(11-6-13-4-2-1-3-5-13)22-12-21-15-9-7-14(8-10-15)17(19)20/h1-11H,12H2. The van der Waals surface area contributed by atoms with E-state index in [0.717, 1.165) is 5.56 Å². The molecule has 0 spiro atoms. The number of nitro groups is 1. The highest BCUT2D eigenvalue weighted by molar-refractivity contribution is 5.86. The third kappa shape index (κ3) is 4.75. The van der Waals surface area contributed by atoms with Crippen LogP contribution in [0.4, 0.5) is 5.69 Å². The van der Waals surface area contributed by atoms with Gasteiger partial charge in [0.15, 0.2) is 0 Å². The second-order valence-corrected chi connectivity index (χ2v) is 4.22. The summed E-state index contributed by atoms with van der Waals surface area (Å²) in [4.78, 5) is 21.5. The normalized spacial score (nSPS) is 10.4. The number of carbonyl (C=O) groups is 1. The lowest BCUT2D eigenvalue weighted by molar-refractivity contribution is -0.384. The molecule has 0 aliphatic rings. The Morgan fingerprint density at radius 3 is 2.41 bits per heavy atom. The average Bonchev–Trinajstić information content (AvgIpc) is 2.54. The first-order valence-electron chi connectivity index (χ1n) is 6.42. The maximum atomic E-state index is 11.5. The van der Waals surface area contributed by atoms with Gasteiger partial charge in [0.1, 0.15) is 5.75 Å². The molecule has 0 heterocycles. The minimum absolute atomic E-state index is 0.0323. The van der Waals surface area contributed by atoms with Gasteiger partial charge in [-0.25, -0.2) is 4.79 Å². The van der Waals surface area contributed by atoms with Crippen molar-refractivity contribution in [2.75, 3.05) is 6.79 Å². The Balaban J connectivity index is 1.77. The first-order valence-corrected chi connectivity index (χ1v) is 6.42. The van der Waals surface area contributed by atoms with Crippen molar-refractivity contribution in [1.82, 2.24) is 0 Å². The summed E-state index contributed by atoms with van der Waals surface area (Å²) in [5.41, 5.74) is 0.853. The van der Waals surface area contributed by atoms with Gasteiger partial charge in [-0.05, 0) is 23.8 Å². The summed E-state index contributed by atoms with van der Waals surface area (Å²) in [7, 11) is 0. The molecule has 0 N–H and O–H groups in total. The third-order valence-corrected chi connectivity index (χ3v) is 2.69. The van der Waals surface area contributed by atoms with E-state index >= 15 is 0 Å². The average molecular weight is 299 g/mol. The molecular formula is C16H13NO5. The molecule has 2 rings (SSSR count). The fourth-order valence-corrected chi connectivity index (χ4v) is 1.60.